The van der Waals surface area contributed by atoms with E-state index in [9.17, 15) is 4.79 Å². The third-order valence-corrected chi connectivity index (χ3v) is 4.00. The van der Waals surface area contributed by atoms with Crippen LogP contribution in [0.3, 0.4) is 0 Å². The Morgan fingerprint density at radius 2 is 2.28 bits per heavy atom. The number of rotatable bonds is 8. The molecule has 0 spiro atoms. The van der Waals surface area contributed by atoms with Crippen molar-refractivity contribution in [2.24, 2.45) is 11.8 Å². The molecule has 0 aliphatic carbocycles. The second kappa shape index (κ2) is 8.30. The number of likely N-dealkylation sites (tertiary alicyclic amines) is 1. The molecule has 3 nitrogen and oxygen atoms in total. The first-order valence-corrected chi connectivity index (χ1v) is 7.24. The summed E-state index contributed by atoms with van der Waals surface area (Å²) in [6.07, 6.45) is 8.09. The molecule has 0 amide bonds. The Morgan fingerprint density at radius 3 is 2.89 bits per heavy atom. The third-order valence-electron chi connectivity index (χ3n) is 4.00. The fourth-order valence-corrected chi connectivity index (χ4v) is 2.82. The Morgan fingerprint density at radius 1 is 1.50 bits per heavy atom. The maximum absolute atomic E-state index is 10.6. The zero-order valence-corrected chi connectivity index (χ0v) is 11.6. The molecule has 1 N–H and O–H groups in total. The van der Waals surface area contributed by atoms with Crippen LogP contribution in [0.5, 0.6) is 0 Å². The summed E-state index contributed by atoms with van der Waals surface area (Å²) >= 11 is 0. The molecule has 1 aliphatic rings. The molecule has 0 bridgehead atoms. The van der Waals surface area contributed by atoms with Gasteiger partial charge in [0.05, 0.1) is 0 Å². The molecule has 2 unspecified atom stereocenters. The molecule has 1 saturated heterocycles. The smallest absolute Gasteiger partial charge is 0.303 e. The molecule has 1 rings (SSSR count). The van der Waals surface area contributed by atoms with Gasteiger partial charge in [0.2, 0.25) is 0 Å². The van der Waals surface area contributed by atoms with E-state index in [0.717, 1.165) is 25.9 Å². The second-order valence-electron chi connectivity index (χ2n) is 5.39. The van der Waals surface area contributed by atoms with Gasteiger partial charge < -0.3 is 10.0 Å². The monoisotopic (exact) mass is 253 g/mol. The number of carbonyl (C=O) groups is 1. The van der Waals surface area contributed by atoms with Gasteiger partial charge in [-0.2, -0.15) is 0 Å². The van der Waals surface area contributed by atoms with Crippen molar-refractivity contribution >= 4 is 5.97 Å². The van der Waals surface area contributed by atoms with Crippen LogP contribution in [0.25, 0.3) is 0 Å². The molecular weight excluding hydrogens is 226 g/mol. The van der Waals surface area contributed by atoms with E-state index in [0.29, 0.717) is 18.3 Å². The van der Waals surface area contributed by atoms with Crippen molar-refractivity contribution in [1.29, 1.82) is 0 Å². The molecule has 1 heterocycles. The summed E-state index contributed by atoms with van der Waals surface area (Å²) < 4.78 is 0. The predicted molar refractivity (Wildman–Crippen MR) is 74.6 cm³/mol. The van der Waals surface area contributed by atoms with Crippen LogP contribution in [0.1, 0.15) is 45.4 Å². The van der Waals surface area contributed by atoms with E-state index >= 15 is 0 Å². The molecule has 1 fully saturated rings. The van der Waals surface area contributed by atoms with Gasteiger partial charge in [-0.1, -0.05) is 25.8 Å². The van der Waals surface area contributed by atoms with Crippen molar-refractivity contribution in [1.82, 2.24) is 4.90 Å². The lowest BCUT2D eigenvalue weighted by Crippen LogP contribution is -2.40. The maximum Gasteiger partial charge on any atom is 0.303 e. The van der Waals surface area contributed by atoms with Crippen molar-refractivity contribution < 1.29 is 9.90 Å². The van der Waals surface area contributed by atoms with Crippen LogP contribution in [0, 0.1) is 11.8 Å². The number of hydrogen-bond donors (Lipinski definition) is 1. The highest BCUT2D eigenvalue weighted by atomic mass is 16.4. The minimum Gasteiger partial charge on any atom is -0.481 e. The topological polar surface area (TPSA) is 40.5 Å². The molecule has 0 saturated carbocycles. The quantitative estimate of drug-likeness (QED) is 0.533. The Kier molecular flexibility index (Phi) is 7.02. The zero-order valence-electron chi connectivity index (χ0n) is 11.6. The number of hydrogen-bond acceptors (Lipinski definition) is 2. The van der Waals surface area contributed by atoms with Gasteiger partial charge in [-0.15, -0.1) is 6.58 Å². The highest BCUT2D eigenvalue weighted by Gasteiger charge is 2.26. The maximum atomic E-state index is 10.6. The molecule has 0 aromatic rings. The highest BCUT2D eigenvalue weighted by molar-refractivity contribution is 5.66. The Hall–Kier alpha value is -0.830. The Bertz CT molecular complexity index is 265. The summed E-state index contributed by atoms with van der Waals surface area (Å²) in [5.74, 6) is 0.309. The van der Waals surface area contributed by atoms with E-state index in [1.807, 2.05) is 6.08 Å². The average molecular weight is 253 g/mol. The van der Waals surface area contributed by atoms with Crippen molar-refractivity contribution in [3.8, 4) is 0 Å². The average Bonchev–Trinajstić information content (AvgIpc) is 2.37. The van der Waals surface area contributed by atoms with Gasteiger partial charge in [-0.25, -0.2) is 0 Å². The van der Waals surface area contributed by atoms with Gasteiger partial charge >= 0.3 is 5.97 Å². The molecule has 18 heavy (non-hydrogen) atoms. The van der Waals surface area contributed by atoms with Gasteiger partial charge in [-0.3, -0.25) is 4.79 Å². The number of carboxylic acid groups (broad SMARTS) is 1. The van der Waals surface area contributed by atoms with Crippen LogP contribution in [0.4, 0.5) is 0 Å². The van der Waals surface area contributed by atoms with Crippen LogP contribution in [-0.2, 0) is 4.79 Å². The number of aliphatic carboxylic acids is 1. The van der Waals surface area contributed by atoms with Crippen LogP contribution in [0.15, 0.2) is 12.7 Å². The van der Waals surface area contributed by atoms with E-state index in [1.165, 1.54) is 25.8 Å². The first-order chi connectivity index (χ1) is 8.67. The van der Waals surface area contributed by atoms with Gasteiger partial charge in [0, 0.05) is 13.0 Å². The van der Waals surface area contributed by atoms with Crippen LogP contribution in [0.2, 0.25) is 0 Å². The van der Waals surface area contributed by atoms with Crippen LogP contribution in [-0.4, -0.2) is 35.6 Å². The molecule has 0 radical (unpaired) electrons. The van der Waals surface area contributed by atoms with E-state index in [4.69, 9.17) is 5.11 Å². The molecule has 0 aromatic heterocycles. The van der Waals surface area contributed by atoms with E-state index in [2.05, 4.69) is 18.4 Å². The number of piperidine rings is 1. The fraction of sp³-hybridized carbons (Fsp3) is 0.800. The molecule has 0 aromatic carbocycles. The normalized spacial score (nSPS) is 24.9. The van der Waals surface area contributed by atoms with Gasteiger partial charge in [0.1, 0.15) is 0 Å². The molecule has 104 valence electrons. The molecule has 1 aliphatic heterocycles. The summed E-state index contributed by atoms with van der Waals surface area (Å²) in [4.78, 5) is 13.2. The summed E-state index contributed by atoms with van der Waals surface area (Å²) in [5, 5.41) is 8.76. The van der Waals surface area contributed by atoms with Crippen molar-refractivity contribution in [3.05, 3.63) is 12.7 Å². The third kappa shape index (κ3) is 5.21. The fourth-order valence-electron chi connectivity index (χ4n) is 2.82. The predicted octanol–water partition coefficient (Wildman–Crippen LogP) is 3.17. The molecule has 2 atom stereocenters. The summed E-state index contributed by atoms with van der Waals surface area (Å²) in [6.45, 7) is 9.52. The van der Waals surface area contributed by atoms with E-state index in [1.54, 1.807) is 0 Å². The van der Waals surface area contributed by atoms with E-state index < -0.39 is 5.97 Å². The number of carboxylic acids is 1. The van der Waals surface area contributed by atoms with Crippen molar-refractivity contribution in [2.45, 2.75) is 45.4 Å². The lowest BCUT2D eigenvalue weighted by molar-refractivity contribution is -0.137. The van der Waals surface area contributed by atoms with Gasteiger partial charge in [0.15, 0.2) is 0 Å². The Labute approximate surface area is 111 Å². The van der Waals surface area contributed by atoms with Crippen molar-refractivity contribution in [3.63, 3.8) is 0 Å². The summed E-state index contributed by atoms with van der Waals surface area (Å²) in [6, 6.07) is 0. The minimum absolute atomic E-state index is 0.296. The summed E-state index contributed by atoms with van der Waals surface area (Å²) in [5.41, 5.74) is 0. The first-order valence-electron chi connectivity index (χ1n) is 7.24. The molecule has 3 heteroatoms. The SMILES string of the molecule is C=CC1CN(CCCCC)CCC1CCC(=O)O. The van der Waals surface area contributed by atoms with Crippen molar-refractivity contribution in [2.75, 3.05) is 19.6 Å². The largest absolute Gasteiger partial charge is 0.481 e. The number of nitrogens with zero attached hydrogens (tertiary/aromatic N) is 1. The standard InChI is InChI=1S/C15H27NO2/c1-3-5-6-10-16-11-9-14(7-8-15(17)18)13(4-2)12-16/h4,13-14H,2-3,5-12H2,1H3,(H,17,18). The summed E-state index contributed by atoms with van der Waals surface area (Å²) in [7, 11) is 0. The van der Waals surface area contributed by atoms with Crippen LogP contribution >= 0.6 is 0 Å². The zero-order chi connectivity index (χ0) is 13.4. The van der Waals surface area contributed by atoms with Gasteiger partial charge in [0.25, 0.3) is 0 Å². The first kappa shape index (κ1) is 15.2. The Balaban J connectivity index is 2.34. The lowest BCUT2D eigenvalue weighted by Gasteiger charge is -2.37. The highest BCUT2D eigenvalue weighted by Crippen LogP contribution is 2.28. The van der Waals surface area contributed by atoms with Gasteiger partial charge in [-0.05, 0) is 44.2 Å². The minimum atomic E-state index is -0.678. The lowest BCUT2D eigenvalue weighted by atomic mass is 9.82. The van der Waals surface area contributed by atoms with E-state index in [-0.39, 0.29) is 0 Å². The number of unbranched alkanes of at least 4 members (excludes halogenated alkanes) is 2. The molecular formula is C15H27NO2. The van der Waals surface area contributed by atoms with Crippen LogP contribution < -0.4 is 0 Å². The second-order valence-corrected chi connectivity index (χ2v) is 5.39.